The predicted octanol–water partition coefficient (Wildman–Crippen LogP) is 1.18. The number of nitrogens with one attached hydrogen (secondary N) is 2. The number of carbonyl (C=O) groups is 1. The summed E-state index contributed by atoms with van der Waals surface area (Å²) in [5.41, 5.74) is 0. The van der Waals surface area contributed by atoms with E-state index in [9.17, 15) is 4.79 Å². The van der Waals surface area contributed by atoms with Gasteiger partial charge in [-0.2, -0.15) is 0 Å². The molecule has 0 aromatic carbocycles. The van der Waals surface area contributed by atoms with Gasteiger partial charge in [0.15, 0.2) is 0 Å². The molecule has 0 bridgehead atoms. The maximum absolute atomic E-state index is 11.7. The molecule has 0 aromatic rings. The van der Waals surface area contributed by atoms with Crippen molar-refractivity contribution >= 4 is 6.03 Å². The molecule has 112 valence electrons. The Morgan fingerprint density at radius 2 is 1.95 bits per heavy atom. The molecule has 0 spiro atoms. The number of urea groups is 1. The minimum atomic E-state index is -0.1000. The van der Waals surface area contributed by atoms with E-state index in [1.807, 2.05) is 6.92 Å². The summed E-state index contributed by atoms with van der Waals surface area (Å²) in [6, 6.07) is 0.229. The number of aliphatic hydroxyl groups is 1. The van der Waals surface area contributed by atoms with Gasteiger partial charge in [-0.05, 0) is 59.0 Å². The number of rotatable bonds is 6. The van der Waals surface area contributed by atoms with Crippen LogP contribution in [0.25, 0.3) is 0 Å². The summed E-state index contributed by atoms with van der Waals surface area (Å²) in [5.74, 6) is 0.768. The van der Waals surface area contributed by atoms with Crippen LogP contribution < -0.4 is 10.6 Å². The molecule has 5 nitrogen and oxygen atoms in total. The van der Waals surface area contributed by atoms with Crippen molar-refractivity contribution in [3.63, 3.8) is 0 Å². The summed E-state index contributed by atoms with van der Waals surface area (Å²) in [5, 5.41) is 14.7. The van der Waals surface area contributed by atoms with E-state index in [-0.39, 0.29) is 18.7 Å². The quantitative estimate of drug-likeness (QED) is 0.679. The summed E-state index contributed by atoms with van der Waals surface area (Å²) in [4.78, 5) is 14.0. The SMILES string of the molecule is C[C@H](CCO)NC(=O)NC1CCC(CN(C)C)CC1. The van der Waals surface area contributed by atoms with Gasteiger partial charge >= 0.3 is 6.03 Å². The van der Waals surface area contributed by atoms with Gasteiger partial charge in [0, 0.05) is 25.2 Å². The Balaban J connectivity index is 2.19. The van der Waals surface area contributed by atoms with Crippen molar-refractivity contribution < 1.29 is 9.90 Å². The molecule has 1 aliphatic carbocycles. The summed E-state index contributed by atoms with van der Waals surface area (Å²) in [6.07, 6.45) is 5.12. The first-order valence-corrected chi connectivity index (χ1v) is 7.34. The second-order valence-corrected chi connectivity index (χ2v) is 6.01. The van der Waals surface area contributed by atoms with Crippen LogP contribution in [0, 0.1) is 5.92 Å². The molecule has 0 aliphatic heterocycles. The Kier molecular flexibility index (Phi) is 7.16. The highest BCUT2D eigenvalue weighted by Crippen LogP contribution is 2.24. The highest BCUT2D eigenvalue weighted by Gasteiger charge is 2.22. The van der Waals surface area contributed by atoms with Gasteiger partial charge in [-0.15, -0.1) is 0 Å². The topological polar surface area (TPSA) is 64.6 Å². The molecule has 1 atom stereocenters. The Morgan fingerprint density at radius 1 is 1.32 bits per heavy atom. The van der Waals surface area contributed by atoms with E-state index in [2.05, 4.69) is 29.6 Å². The van der Waals surface area contributed by atoms with Crippen LogP contribution >= 0.6 is 0 Å². The first kappa shape index (κ1) is 16.2. The molecular weight excluding hydrogens is 242 g/mol. The lowest BCUT2D eigenvalue weighted by atomic mass is 9.86. The molecule has 0 saturated heterocycles. The fourth-order valence-electron chi connectivity index (χ4n) is 2.72. The van der Waals surface area contributed by atoms with Crippen molar-refractivity contribution in [1.29, 1.82) is 0 Å². The van der Waals surface area contributed by atoms with E-state index in [4.69, 9.17) is 5.11 Å². The highest BCUT2D eigenvalue weighted by molar-refractivity contribution is 5.74. The van der Waals surface area contributed by atoms with E-state index in [0.717, 1.165) is 25.3 Å². The minimum absolute atomic E-state index is 0.0232. The molecule has 0 radical (unpaired) electrons. The molecule has 3 N–H and O–H groups in total. The standard InChI is InChI=1S/C14H29N3O2/c1-11(8-9-18)15-14(19)16-13-6-4-12(5-7-13)10-17(2)3/h11-13,18H,4-10H2,1-3H3,(H2,15,16,19)/t11-,12?,13?/m1/s1. The molecule has 0 unspecified atom stereocenters. The van der Waals surface area contributed by atoms with Gasteiger partial charge in [-0.3, -0.25) is 0 Å². The molecule has 1 saturated carbocycles. The number of hydrogen-bond acceptors (Lipinski definition) is 3. The summed E-state index contributed by atoms with van der Waals surface area (Å²) in [7, 11) is 4.22. The first-order valence-electron chi connectivity index (χ1n) is 7.34. The van der Waals surface area contributed by atoms with Crippen LogP contribution in [0.15, 0.2) is 0 Å². The van der Waals surface area contributed by atoms with Crippen LogP contribution in [0.3, 0.4) is 0 Å². The third-order valence-electron chi connectivity index (χ3n) is 3.74. The lowest BCUT2D eigenvalue weighted by Gasteiger charge is -2.31. The van der Waals surface area contributed by atoms with Gasteiger partial charge < -0.3 is 20.6 Å². The van der Waals surface area contributed by atoms with E-state index in [1.54, 1.807) is 0 Å². The molecule has 0 heterocycles. The van der Waals surface area contributed by atoms with Crippen LogP contribution in [0.4, 0.5) is 4.79 Å². The van der Waals surface area contributed by atoms with E-state index in [0.29, 0.717) is 12.5 Å². The van der Waals surface area contributed by atoms with E-state index in [1.165, 1.54) is 12.8 Å². The van der Waals surface area contributed by atoms with Crippen molar-refractivity contribution in [3.05, 3.63) is 0 Å². The monoisotopic (exact) mass is 271 g/mol. The molecule has 1 aliphatic rings. The maximum atomic E-state index is 11.7. The largest absolute Gasteiger partial charge is 0.396 e. The number of carbonyl (C=O) groups excluding carboxylic acids is 1. The average Bonchev–Trinajstić information content (AvgIpc) is 2.31. The molecule has 1 rings (SSSR count). The van der Waals surface area contributed by atoms with Crippen molar-refractivity contribution in [2.75, 3.05) is 27.2 Å². The predicted molar refractivity (Wildman–Crippen MR) is 77.1 cm³/mol. The third-order valence-corrected chi connectivity index (χ3v) is 3.74. The highest BCUT2D eigenvalue weighted by atomic mass is 16.3. The smallest absolute Gasteiger partial charge is 0.315 e. The molecule has 1 fully saturated rings. The zero-order valence-corrected chi connectivity index (χ0v) is 12.5. The van der Waals surface area contributed by atoms with Crippen LogP contribution in [-0.4, -0.2) is 55.4 Å². The number of hydrogen-bond donors (Lipinski definition) is 3. The van der Waals surface area contributed by atoms with Gasteiger partial charge in [0.2, 0.25) is 0 Å². The van der Waals surface area contributed by atoms with Crippen LogP contribution in [0.1, 0.15) is 39.0 Å². The van der Waals surface area contributed by atoms with Gasteiger partial charge in [-0.1, -0.05) is 0 Å². The Bertz CT molecular complexity index is 263. The summed E-state index contributed by atoms with van der Waals surface area (Å²) < 4.78 is 0. The minimum Gasteiger partial charge on any atom is -0.396 e. The fraction of sp³-hybridized carbons (Fsp3) is 0.929. The van der Waals surface area contributed by atoms with Gasteiger partial charge in [0.05, 0.1) is 0 Å². The van der Waals surface area contributed by atoms with E-state index >= 15 is 0 Å². The van der Waals surface area contributed by atoms with Gasteiger partial charge in [0.25, 0.3) is 0 Å². The van der Waals surface area contributed by atoms with Crippen LogP contribution in [0.2, 0.25) is 0 Å². The average molecular weight is 271 g/mol. The van der Waals surface area contributed by atoms with E-state index < -0.39 is 0 Å². The number of aliphatic hydroxyl groups excluding tert-OH is 1. The second kappa shape index (κ2) is 8.38. The number of nitrogens with zero attached hydrogens (tertiary/aromatic N) is 1. The van der Waals surface area contributed by atoms with Crippen LogP contribution in [-0.2, 0) is 0 Å². The Hall–Kier alpha value is -0.810. The number of amides is 2. The third kappa shape index (κ3) is 6.78. The molecule has 5 heteroatoms. The van der Waals surface area contributed by atoms with Gasteiger partial charge in [-0.25, -0.2) is 4.79 Å². The van der Waals surface area contributed by atoms with Crippen molar-refractivity contribution in [2.24, 2.45) is 5.92 Å². The maximum Gasteiger partial charge on any atom is 0.315 e. The zero-order chi connectivity index (χ0) is 14.3. The van der Waals surface area contributed by atoms with Crippen molar-refractivity contribution in [3.8, 4) is 0 Å². The van der Waals surface area contributed by atoms with Gasteiger partial charge in [0.1, 0.15) is 0 Å². The Labute approximate surface area is 116 Å². The first-order chi connectivity index (χ1) is 9.01. The lowest BCUT2D eigenvalue weighted by Crippen LogP contribution is -2.47. The fourth-order valence-corrected chi connectivity index (χ4v) is 2.72. The van der Waals surface area contributed by atoms with Crippen molar-refractivity contribution in [2.45, 2.75) is 51.1 Å². The molecular formula is C14H29N3O2. The summed E-state index contributed by atoms with van der Waals surface area (Å²) >= 11 is 0. The molecule has 0 aromatic heterocycles. The van der Waals surface area contributed by atoms with Crippen molar-refractivity contribution in [1.82, 2.24) is 15.5 Å². The zero-order valence-electron chi connectivity index (χ0n) is 12.5. The second-order valence-electron chi connectivity index (χ2n) is 6.01. The normalized spacial score (nSPS) is 25.1. The Morgan fingerprint density at radius 3 is 2.47 bits per heavy atom. The molecule has 19 heavy (non-hydrogen) atoms. The molecule has 2 amide bonds. The summed E-state index contributed by atoms with van der Waals surface area (Å²) in [6.45, 7) is 3.16. The van der Waals surface area contributed by atoms with Crippen LogP contribution in [0.5, 0.6) is 0 Å². The lowest BCUT2D eigenvalue weighted by molar-refractivity contribution is 0.210.